The van der Waals surface area contributed by atoms with Crippen molar-refractivity contribution in [2.45, 2.75) is 4.90 Å². The van der Waals surface area contributed by atoms with E-state index in [2.05, 4.69) is 45.2 Å². The highest BCUT2D eigenvalue weighted by Crippen LogP contribution is 2.41. The molecule has 0 aliphatic carbocycles. The fraction of sp³-hybridized carbons (Fsp3) is 0.0625. The third-order valence-corrected chi connectivity index (χ3v) is 5.80. The molecule has 0 amide bonds. The molecule has 0 atom stereocenters. The van der Waals surface area contributed by atoms with Crippen molar-refractivity contribution in [3.8, 4) is 5.75 Å². The number of hydrogen-bond acceptors (Lipinski definition) is 3. The number of ether oxygens (including phenoxy) is 1. The van der Waals surface area contributed by atoms with Gasteiger partial charge in [-0.3, -0.25) is 4.79 Å². The van der Waals surface area contributed by atoms with E-state index in [-0.39, 0.29) is 5.78 Å². The molecule has 21 heavy (non-hydrogen) atoms. The molecule has 0 spiro atoms. The summed E-state index contributed by atoms with van der Waals surface area (Å²) >= 11 is 6.04. The lowest BCUT2D eigenvalue weighted by molar-refractivity contribution is 0.104. The van der Waals surface area contributed by atoms with Gasteiger partial charge in [-0.1, -0.05) is 23.9 Å². The third kappa shape index (κ3) is 3.00. The van der Waals surface area contributed by atoms with Gasteiger partial charge in [0.05, 0.1) is 19.2 Å². The molecular formula is C16H10I2O2S. The normalized spacial score (nSPS) is 15.4. The minimum atomic E-state index is 0.108. The van der Waals surface area contributed by atoms with Gasteiger partial charge in [-0.2, -0.15) is 0 Å². The zero-order valence-corrected chi connectivity index (χ0v) is 16.2. The Labute approximate surface area is 154 Å². The SMILES string of the molecule is COc1c(I)cc(/C=C2\Sc3ccccc3C2=O)cc1I. The molecule has 2 aromatic rings. The monoisotopic (exact) mass is 520 g/mol. The molecule has 0 unspecified atom stereocenters. The summed E-state index contributed by atoms with van der Waals surface area (Å²) in [5.74, 6) is 0.989. The van der Waals surface area contributed by atoms with Gasteiger partial charge in [0.15, 0.2) is 0 Å². The van der Waals surface area contributed by atoms with Crippen molar-refractivity contribution in [3.05, 3.63) is 59.6 Å². The van der Waals surface area contributed by atoms with Crippen LogP contribution >= 0.6 is 56.9 Å². The molecule has 1 heterocycles. The molecule has 0 saturated carbocycles. The topological polar surface area (TPSA) is 26.3 Å². The van der Waals surface area contributed by atoms with Gasteiger partial charge >= 0.3 is 0 Å². The number of hydrogen-bond donors (Lipinski definition) is 0. The van der Waals surface area contributed by atoms with Crippen molar-refractivity contribution in [2.75, 3.05) is 7.11 Å². The van der Waals surface area contributed by atoms with Crippen LogP contribution in [-0.2, 0) is 0 Å². The molecular weight excluding hydrogens is 510 g/mol. The maximum absolute atomic E-state index is 12.4. The fourth-order valence-corrected chi connectivity index (χ4v) is 5.45. The Balaban J connectivity index is 2.00. The first-order valence-corrected chi connectivity index (χ1v) is 9.14. The summed E-state index contributed by atoms with van der Waals surface area (Å²) in [6.45, 7) is 0. The van der Waals surface area contributed by atoms with Crippen molar-refractivity contribution in [2.24, 2.45) is 0 Å². The lowest BCUT2D eigenvalue weighted by atomic mass is 10.1. The Kier molecular flexibility index (Phi) is 4.60. The van der Waals surface area contributed by atoms with Gasteiger partial charge < -0.3 is 4.74 Å². The van der Waals surface area contributed by atoms with Crippen molar-refractivity contribution >= 4 is 68.8 Å². The maximum Gasteiger partial charge on any atom is 0.200 e. The minimum absolute atomic E-state index is 0.108. The third-order valence-electron chi connectivity index (χ3n) is 3.10. The van der Waals surface area contributed by atoms with Gasteiger partial charge in [-0.15, -0.1) is 0 Å². The fourth-order valence-electron chi connectivity index (χ4n) is 2.14. The summed E-state index contributed by atoms with van der Waals surface area (Å²) < 4.78 is 7.45. The zero-order valence-electron chi connectivity index (χ0n) is 11.0. The highest BCUT2D eigenvalue weighted by molar-refractivity contribution is 14.1. The number of carbonyl (C=O) groups excluding carboxylic acids is 1. The van der Waals surface area contributed by atoms with Gasteiger partial charge in [-0.25, -0.2) is 0 Å². The molecule has 5 heteroatoms. The highest BCUT2D eigenvalue weighted by atomic mass is 127. The van der Waals surface area contributed by atoms with Crippen LogP contribution in [0.3, 0.4) is 0 Å². The number of rotatable bonds is 2. The average Bonchev–Trinajstić information content (AvgIpc) is 2.76. The maximum atomic E-state index is 12.4. The predicted molar refractivity (Wildman–Crippen MR) is 103 cm³/mol. The Hall–Kier alpha value is -0.540. The molecule has 3 rings (SSSR count). The quantitative estimate of drug-likeness (QED) is 0.401. The number of benzene rings is 2. The molecule has 1 aliphatic heterocycles. The lowest BCUT2D eigenvalue weighted by Crippen LogP contribution is -1.95. The van der Waals surface area contributed by atoms with Crippen molar-refractivity contribution in [3.63, 3.8) is 0 Å². The average molecular weight is 520 g/mol. The molecule has 0 saturated heterocycles. The van der Waals surface area contributed by atoms with E-state index < -0.39 is 0 Å². The second-order valence-corrected chi connectivity index (χ2v) is 7.86. The Bertz CT molecular complexity index is 746. The van der Waals surface area contributed by atoms with Crippen LogP contribution in [-0.4, -0.2) is 12.9 Å². The van der Waals surface area contributed by atoms with Crippen molar-refractivity contribution in [1.29, 1.82) is 0 Å². The molecule has 0 radical (unpaired) electrons. The van der Waals surface area contributed by atoms with Crippen LogP contribution in [0.15, 0.2) is 46.2 Å². The first-order chi connectivity index (χ1) is 10.1. The van der Waals surface area contributed by atoms with E-state index in [0.29, 0.717) is 0 Å². The summed E-state index contributed by atoms with van der Waals surface area (Å²) in [5.41, 5.74) is 1.82. The molecule has 0 bridgehead atoms. The summed E-state index contributed by atoms with van der Waals surface area (Å²) in [4.78, 5) is 14.2. The molecule has 2 nitrogen and oxygen atoms in total. The van der Waals surface area contributed by atoms with Crippen LogP contribution in [0, 0.1) is 7.14 Å². The van der Waals surface area contributed by atoms with Gasteiger partial charge in [0.2, 0.25) is 5.78 Å². The Morgan fingerprint density at radius 3 is 2.43 bits per heavy atom. The van der Waals surface area contributed by atoms with Gasteiger partial charge in [-0.05, 0) is 81.1 Å². The van der Waals surface area contributed by atoms with E-state index in [4.69, 9.17) is 4.74 Å². The van der Waals surface area contributed by atoms with E-state index in [1.807, 2.05) is 42.5 Å². The van der Waals surface area contributed by atoms with Crippen LogP contribution in [0.5, 0.6) is 5.75 Å². The molecule has 2 aromatic carbocycles. The standard InChI is InChI=1S/C16H10I2O2S/c1-20-16-11(17)6-9(7-12(16)18)8-14-15(19)10-4-2-3-5-13(10)21-14/h2-8H,1H3/b14-8-. The van der Waals surface area contributed by atoms with Crippen LogP contribution in [0.1, 0.15) is 15.9 Å². The van der Waals surface area contributed by atoms with E-state index in [9.17, 15) is 4.79 Å². The minimum Gasteiger partial charge on any atom is -0.495 e. The second-order valence-electron chi connectivity index (χ2n) is 4.45. The van der Waals surface area contributed by atoms with Crippen LogP contribution < -0.4 is 4.74 Å². The first kappa shape index (κ1) is 15.4. The number of carbonyl (C=O) groups is 1. The number of fused-ring (bicyclic) bond motifs is 1. The van der Waals surface area contributed by atoms with Crippen LogP contribution in [0.2, 0.25) is 0 Å². The van der Waals surface area contributed by atoms with Crippen LogP contribution in [0.4, 0.5) is 0 Å². The van der Waals surface area contributed by atoms with Gasteiger partial charge in [0, 0.05) is 10.5 Å². The summed E-state index contributed by atoms with van der Waals surface area (Å²) in [6.07, 6.45) is 1.96. The smallest absolute Gasteiger partial charge is 0.200 e. The number of ketones is 1. The van der Waals surface area contributed by atoms with Gasteiger partial charge in [0.1, 0.15) is 5.75 Å². The molecule has 0 fully saturated rings. The number of Topliss-reactive ketones (excluding diaryl/α,β-unsaturated/α-hetero) is 1. The van der Waals surface area contributed by atoms with Crippen molar-refractivity contribution < 1.29 is 9.53 Å². The molecule has 0 N–H and O–H groups in total. The van der Waals surface area contributed by atoms with E-state index in [1.54, 1.807) is 7.11 Å². The summed E-state index contributed by atoms with van der Waals surface area (Å²) in [6, 6.07) is 11.8. The van der Waals surface area contributed by atoms with Crippen molar-refractivity contribution in [1.82, 2.24) is 0 Å². The highest BCUT2D eigenvalue weighted by Gasteiger charge is 2.25. The zero-order chi connectivity index (χ0) is 15.0. The summed E-state index contributed by atoms with van der Waals surface area (Å²) in [5, 5.41) is 0. The van der Waals surface area contributed by atoms with E-state index >= 15 is 0 Å². The lowest BCUT2D eigenvalue weighted by Gasteiger charge is -2.07. The largest absolute Gasteiger partial charge is 0.495 e. The second kappa shape index (κ2) is 6.29. The molecule has 0 aromatic heterocycles. The number of halogens is 2. The first-order valence-electron chi connectivity index (χ1n) is 6.16. The molecule has 106 valence electrons. The van der Waals surface area contributed by atoms with E-state index in [1.165, 1.54) is 11.8 Å². The molecule has 1 aliphatic rings. The predicted octanol–water partition coefficient (Wildman–Crippen LogP) is 5.23. The van der Waals surface area contributed by atoms with Crippen LogP contribution in [0.25, 0.3) is 6.08 Å². The Morgan fingerprint density at radius 1 is 1.14 bits per heavy atom. The Morgan fingerprint density at radius 2 is 1.81 bits per heavy atom. The number of thioether (sulfide) groups is 1. The number of allylic oxidation sites excluding steroid dienone is 1. The van der Waals surface area contributed by atoms with Gasteiger partial charge in [0.25, 0.3) is 0 Å². The van der Waals surface area contributed by atoms with E-state index in [0.717, 1.165) is 33.8 Å². The summed E-state index contributed by atoms with van der Waals surface area (Å²) in [7, 11) is 1.67. The number of methoxy groups -OCH3 is 1.